The molecule has 36 heavy (non-hydrogen) atoms. The molecule has 0 N–H and O–H groups in total. The van der Waals surface area contributed by atoms with E-state index < -0.39 is 11.4 Å². The molecule has 1 aliphatic carbocycles. The zero-order valence-electron chi connectivity index (χ0n) is 20.0. The molecule has 1 aliphatic rings. The van der Waals surface area contributed by atoms with E-state index in [0.29, 0.717) is 6.54 Å². The molecular formula is C27H27BrN4O4. The van der Waals surface area contributed by atoms with Crippen LogP contribution in [0, 0.1) is 0 Å². The fraction of sp³-hybridized carbons (Fsp3) is 0.333. The lowest BCUT2D eigenvalue weighted by Gasteiger charge is -2.32. The third-order valence-corrected chi connectivity index (χ3v) is 7.07. The van der Waals surface area contributed by atoms with E-state index in [1.807, 2.05) is 36.4 Å². The number of carbonyl (C=O) groups excluding carboxylic acids is 1. The van der Waals surface area contributed by atoms with Gasteiger partial charge in [0.05, 0.1) is 24.9 Å². The zero-order chi connectivity index (χ0) is 25.1. The van der Waals surface area contributed by atoms with E-state index in [0.717, 1.165) is 46.8 Å². The van der Waals surface area contributed by atoms with Gasteiger partial charge >= 0.3 is 5.97 Å². The summed E-state index contributed by atoms with van der Waals surface area (Å²) in [4.78, 5) is 30.4. The van der Waals surface area contributed by atoms with Crippen molar-refractivity contribution in [1.29, 1.82) is 0 Å². The molecule has 1 fully saturated rings. The summed E-state index contributed by atoms with van der Waals surface area (Å²) in [6.45, 7) is 2.51. The van der Waals surface area contributed by atoms with Gasteiger partial charge in [0.25, 0.3) is 5.43 Å². The number of pyridine rings is 1. The van der Waals surface area contributed by atoms with E-state index in [4.69, 9.17) is 9.47 Å². The Kier molecular flexibility index (Phi) is 6.91. The predicted molar refractivity (Wildman–Crippen MR) is 139 cm³/mol. The second-order valence-electron chi connectivity index (χ2n) is 9.05. The third kappa shape index (κ3) is 4.80. The maximum absolute atomic E-state index is 13.1. The average Bonchev–Trinajstić information content (AvgIpc) is 3.52. The first-order valence-corrected chi connectivity index (χ1v) is 12.9. The molecule has 0 amide bonds. The number of fused-ring (bicyclic) bond motifs is 1. The van der Waals surface area contributed by atoms with Crippen LogP contribution in [0.15, 0.2) is 70.3 Å². The number of carbonyl (C=O) groups is 1. The highest BCUT2D eigenvalue weighted by atomic mass is 79.9. The summed E-state index contributed by atoms with van der Waals surface area (Å²) < 4.78 is 15.8. The highest BCUT2D eigenvalue weighted by Gasteiger charge is 2.38. The van der Waals surface area contributed by atoms with Crippen molar-refractivity contribution in [3.8, 4) is 5.75 Å². The number of halogens is 1. The summed E-state index contributed by atoms with van der Waals surface area (Å²) in [5, 5.41) is 5.47. The largest absolute Gasteiger partial charge is 0.483 e. The molecule has 5 rings (SSSR count). The highest BCUT2D eigenvalue weighted by Crippen LogP contribution is 2.40. The molecule has 0 unspecified atom stereocenters. The highest BCUT2D eigenvalue weighted by molar-refractivity contribution is 9.10. The van der Waals surface area contributed by atoms with Gasteiger partial charge in [-0.15, -0.1) is 0 Å². The Labute approximate surface area is 217 Å². The van der Waals surface area contributed by atoms with Gasteiger partial charge in [-0.05, 0) is 53.4 Å². The minimum atomic E-state index is -0.750. The summed E-state index contributed by atoms with van der Waals surface area (Å²) in [5.41, 5.74) is 0.676. The normalized spacial score (nSPS) is 14.7. The van der Waals surface area contributed by atoms with E-state index >= 15 is 0 Å². The van der Waals surface area contributed by atoms with Crippen LogP contribution < -0.4 is 10.2 Å². The molecule has 3 heterocycles. The fourth-order valence-electron chi connectivity index (χ4n) is 4.96. The molecule has 1 saturated carbocycles. The number of nitrogens with zero attached hydrogens (tertiary/aromatic N) is 4. The molecule has 1 aromatic carbocycles. The maximum Gasteiger partial charge on any atom is 0.363 e. The van der Waals surface area contributed by atoms with Crippen LogP contribution in [0.4, 0.5) is 0 Å². The van der Waals surface area contributed by atoms with Crippen molar-refractivity contribution in [3.63, 3.8) is 0 Å². The first kappa shape index (κ1) is 24.2. The van der Waals surface area contributed by atoms with Crippen LogP contribution >= 0.6 is 15.9 Å². The molecule has 8 nitrogen and oxygen atoms in total. The summed E-state index contributed by atoms with van der Waals surface area (Å²) in [6.07, 6.45) is 9.46. The maximum atomic E-state index is 13.1. The lowest BCUT2D eigenvalue weighted by Crippen LogP contribution is -2.37. The summed E-state index contributed by atoms with van der Waals surface area (Å²) >= 11 is 3.50. The quantitative estimate of drug-likeness (QED) is 0.284. The molecule has 0 spiro atoms. The van der Waals surface area contributed by atoms with Crippen molar-refractivity contribution in [1.82, 2.24) is 19.3 Å². The van der Waals surface area contributed by atoms with Gasteiger partial charge in [0.15, 0.2) is 5.75 Å². The van der Waals surface area contributed by atoms with Crippen molar-refractivity contribution in [2.75, 3.05) is 6.61 Å². The van der Waals surface area contributed by atoms with E-state index in [-0.39, 0.29) is 30.2 Å². The molecule has 4 aromatic rings. The smallest absolute Gasteiger partial charge is 0.363 e. The molecule has 0 atom stereocenters. The first-order chi connectivity index (χ1) is 17.5. The van der Waals surface area contributed by atoms with E-state index in [1.165, 1.54) is 0 Å². The standard InChI is InChI=1S/C27H27BrN4O4/c1-2-35-26(34)23-24(33)22(36-17-19-8-4-3-5-9-19)16-31(30-23)18-27(11-6-7-12-27)32-13-10-20-14-21(28)15-29-25(20)32/h3-5,8-10,13-16H,2,6-7,11-12,17-18H2,1H3. The Balaban J connectivity index is 1.54. The first-order valence-electron chi connectivity index (χ1n) is 12.1. The van der Waals surface area contributed by atoms with E-state index in [2.05, 4.69) is 42.8 Å². The lowest BCUT2D eigenvalue weighted by atomic mass is 9.97. The van der Waals surface area contributed by atoms with Crippen LogP contribution in [0.2, 0.25) is 0 Å². The Morgan fingerprint density at radius 1 is 1.17 bits per heavy atom. The van der Waals surface area contributed by atoms with Gasteiger partial charge in [0, 0.05) is 22.3 Å². The number of ether oxygens (including phenoxy) is 2. The number of esters is 1. The second-order valence-corrected chi connectivity index (χ2v) is 9.96. The predicted octanol–water partition coefficient (Wildman–Crippen LogP) is 5.08. The lowest BCUT2D eigenvalue weighted by molar-refractivity contribution is 0.0512. The Bertz CT molecular complexity index is 1440. The van der Waals surface area contributed by atoms with Crippen molar-refractivity contribution >= 4 is 32.9 Å². The topological polar surface area (TPSA) is 88.2 Å². The Morgan fingerprint density at radius 2 is 1.94 bits per heavy atom. The zero-order valence-corrected chi connectivity index (χ0v) is 21.6. The minimum Gasteiger partial charge on any atom is -0.483 e. The van der Waals surface area contributed by atoms with Crippen LogP contribution in [0.25, 0.3) is 11.0 Å². The van der Waals surface area contributed by atoms with Crippen molar-refractivity contribution < 1.29 is 14.3 Å². The number of hydrogen-bond donors (Lipinski definition) is 0. The molecule has 3 aromatic heterocycles. The fourth-order valence-corrected chi connectivity index (χ4v) is 5.30. The van der Waals surface area contributed by atoms with Crippen LogP contribution in [-0.2, 0) is 23.4 Å². The van der Waals surface area contributed by atoms with Gasteiger partial charge in [0.1, 0.15) is 12.3 Å². The third-order valence-electron chi connectivity index (χ3n) is 6.63. The average molecular weight is 551 g/mol. The van der Waals surface area contributed by atoms with Gasteiger partial charge in [-0.25, -0.2) is 9.78 Å². The Morgan fingerprint density at radius 3 is 2.69 bits per heavy atom. The molecule has 0 aliphatic heterocycles. The molecule has 0 saturated heterocycles. The Hall–Kier alpha value is -3.46. The van der Waals surface area contributed by atoms with E-state index in [1.54, 1.807) is 24.0 Å². The van der Waals surface area contributed by atoms with Gasteiger partial charge in [-0.2, -0.15) is 5.10 Å². The van der Waals surface area contributed by atoms with Crippen molar-refractivity contribution in [2.45, 2.75) is 51.3 Å². The minimum absolute atomic E-state index is 0.0736. The van der Waals surface area contributed by atoms with E-state index in [9.17, 15) is 9.59 Å². The van der Waals surface area contributed by atoms with Crippen LogP contribution in [-0.4, -0.2) is 31.9 Å². The monoisotopic (exact) mass is 550 g/mol. The van der Waals surface area contributed by atoms with Crippen LogP contribution in [0.5, 0.6) is 5.75 Å². The second kappa shape index (κ2) is 10.3. The van der Waals surface area contributed by atoms with Crippen molar-refractivity contribution in [2.24, 2.45) is 0 Å². The number of benzene rings is 1. The molecule has 0 bridgehead atoms. The van der Waals surface area contributed by atoms with Gasteiger partial charge < -0.3 is 14.0 Å². The summed E-state index contributed by atoms with van der Waals surface area (Å²) in [5.74, 6) is -0.677. The van der Waals surface area contributed by atoms with Gasteiger partial charge in [-0.1, -0.05) is 43.2 Å². The molecule has 9 heteroatoms. The molecular weight excluding hydrogens is 524 g/mol. The number of rotatable bonds is 8. The van der Waals surface area contributed by atoms with Gasteiger partial charge in [-0.3, -0.25) is 9.48 Å². The van der Waals surface area contributed by atoms with Crippen molar-refractivity contribution in [3.05, 3.63) is 87.0 Å². The van der Waals surface area contributed by atoms with Crippen LogP contribution in [0.1, 0.15) is 48.7 Å². The molecule has 186 valence electrons. The summed E-state index contributed by atoms with van der Waals surface area (Å²) in [7, 11) is 0. The van der Waals surface area contributed by atoms with Crippen LogP contribution in [0.3, 0.4) is 0 Å². The van der Waals surface area contributed by atoms with Gasteiger partial charge in [0.2, 0.25) is 5.69 Å². The summed E-state index contributed by atoms with van der Waals surface area (Å²) in [6, 6.07) is 13.7. The SMILES string of the molecule is CCOC(=O)c1nn(CC2(n3ccc4cc(Br)cnc43)CCCC2)cc(OCc2ccccc2)c1=O. The number of hydrogen-bond acceptors (Lipinski definition) is 6. The molecule has 0 radical (unpaired) electrons. The number of aromatic nitrogens is 4.